The van der Waals surface area contributed by atoms with Crippen molar-refractivity contribution < 1.29 is 9.90 Å². The van der Waals surface area contributed by atoms with Gasteiger partial charge in [0, 0.05) is 0 Å². The lowest BCUT2D eigenvalue weighted by molar-refractivity contribution is 0.0920. The number of benzene rings is 1. The number of aliphatic hydroxyl groups is 1. The molecular formula is C15H18N2O2S. The molecule has 0 aliphatic heterocycles. The highest BCUT2D eigenvalue weighted by atomic mass is 32.1. The molecule has 1 aromatic heterocycles. The Labute approximate surface area is 122 Å². The van der Waals surface area contributed by atoms with E-state index in [9.17, 15) is 9.90 Å². The molecule has 4 nitrogen and oxygen atoms in total. The van der Waals surface area contributed by atoms with Crippen LogP contribution in [-0.4, -0.2) is 22.6 Å². The lowest BCUT2D eigenvalue weighted by Gasteiger charge is -2.15. The highest BCUT2D eigenvalue weighted by Gasteiger charge is 2.16. The Balaban J connectivity index is 2.05. The molecule has 0 bridgehead atoms. The van der Waals surface area contributed by atoms with Crippen molar-refractivity contribution in [2.24, 2.45) is 0 Å². The molecule has 0 aliphatic carbocycles. The van der Waals surface area contributed by atoms with Crippen LogP contribution in [0.4, 0.5) is 0 Å². The topological polar surface area (TPSA) is 62.2 Å². The number of hydrogen-bond donors (Lipinski definition) is 2. The van der Waals surface area contributed by atoms with Gasteiger partial charge in [-0.3, -0.25) is 4.79 Å². The second kappa shape index (κ2) is 7.17. The number of thiazole rings is 1. The fourth-order valence-corrected chi connectivity index (χ4v) is 2.82. The van der Waals surface area contributed by atoms with Crippen molar-refractivity contribution in [2.45, 2.75) is 25.8 Å². The lowest BCUT2D eigenvalue weighted by atomic mass is 10.1. The standard InChI is InChI=1S/C15H18N2O2S/c1-2-6-14-16-9-13(20-14)15(19)17-12(10-18)11-7-4-3-5-8-11/h3-5,7-9,12,18H,2,6,10H2,1H3,(H,17,19). The monoisotopic (exact) mass is 290 g/mol. The molecule has 0 fully saturated rings. The van der Waals surface area contributed by atoms with Crippen LogP contribution >= 0.6 is 11.3 Å². The Morgan fingerprint density at radius 2 is 2.15 bits per heavy atom. The van der Waals surface area contributed by atoms with Crippen LogP contribution in [0.1, 0.15) is 39.6 Å². The predicted octanol–water partition coefficient (Wildman–Crippen LogP) is 2.56. The fraction of sp³-hybridized carbons (Fsp3) is 0.333. The molecule has 1 heterocycles. The summed E-state index contributed by atoms with van der Waals surface area (Å²) < 4.78 is 0. The molecule has 0 aliphatic rings. The summed E-state index contributed by atoms with van der Waals surface area (Å²) in [5.41, 5.74) is 0.890. The first-order valence-electron chi connectivity index (χ1n) is 6.66. The zero-order chi connectivity index (χ0) is 14.4. The van der Waals surface area contributed by atoms with Gasteiger partial charge < -0.3 is 10.4 Å². The van der Waals surface area contributed by atoms with E-state index in [0.717, 1.165) is 23.4 Å². The number of hydrogen-bond acceptors (Lipinski definition) is 4. The van der Waals surface area contributed by atoms with Crippen LogP contribution in [0, 0.1) is 0 Å². The van der Waals surface area contributed by atoms with Crippen molar-refractivity contribution in [3.8, 4) is 0 Å². The van der Waals surface area contributed by atoms with Crippen LogP contribution in [0.5, 0.6) is 0 Å². The first-order valence-corrected chi connectivity index (χ1v) is 7.47. The van der Waals surface area contributed by atoms with Crippen LogP contribution < -0.4 is 5.32 Å². The molecule has 1 unspecified atom stereocenters. The number of aromatic nitrogens is 1. The molecule has 1 atom stereocenters. The molecule has 2 rings (SSSR count). The van der Waals surface area contributed by atoms with Crippen LogP contribution in [0.2, 0.25) is 0 Å². The Morgan fingerprint density at radius 1 is 1.40 bits per heavy atom. The van der Waals surface area contributed by atoms with E-state index in [1.54, 1.807) is 6.20 Å². The van der Waals surface area contributed by atoms with Crippen molar-refractivity contribution in [1.82, 2.24) is 10.3 Å². The Morgan fingerprint density at radius 3 is 2.80 bits per heavy atom. The van der Waals surface area contributed by atoms with E-state index in [2.05, 4.69) is 17.2 Å². The maximum absolute atomic E-state index is 12.2. The van der Waals surface area contributed by atoms with Gasteiger partial charge in [0.1, 0.15) is 4.88 Å². The zero-order valence-corrected chi connectivity index (χ0v) is 12.2. The summed E-state index contributed by atoms with van der Waals surface area (Å²) in [5.74, 6) is -0.187. The third kappa shape index (κ3) is 3.65. The molecule has 0 spiro atoms. The van der Waals surface area contributed by atoms with Crippen molar-refractivity contribution in [3.63, 3.8) is 0 Å². The van der Waals surface area contributed by atoms with Crippen molar-refractivity contribution in [3.05, 3.63) is 52.0 Å². The highest BCUT2D eigenvalue weighted by molar-refractivity contribution is 7.13. The number of rotatable bonds is 6. The lowest BCUT2D eigenvalue weighted by Crippen LogP contribution is -2.30. The van der Waals surface area contributed by atoms with E-state index in [0.29, 0.717) is 4.88 Å². The predicted molar refractivity (Wildman–Crippen MR) is 79.8 cm³/mol. The third-order valence-corrected chi connectivity index (χ3v) is 3.99. The number of nitrogens with zero attached hydrogens (tertiary/aromatic N) is 1. The normalized spacial score (nSPS) is 12.1. The molecule has 2 N–H and O–H groups in total. The Kier molecular flexibility index (Phi) is 5.26. The average molecular weight is 290 g/mol. The second-order valence-electron chi connectivity index (χ2n) is 4.49. The van der Waals surface area contributed by atoms with Crippen LogP contribution in [0.15, 0.2) is 36.5 Å². The van der Waals surface area contributed by atoms with Gasteiger partial charge in [0.15, 0.2) is 0 Å². The molecule has 20 heavy (non-hydrogen) atoms. The fourth-order valence-electron chi connectivity index (χ4n) is 1.89. The van der Waals surface area contributed by atoms with Gasteiger partial charge in [-0.1, -0.05) is 37.3 Å². The minimum Gasteiger partial charge on any atom is -0.394 e. The van der Waals surface area contributed by atoms with Gasteiger partial charge >= 0.3 is 0 Å². The minimum atomic E-state index is -0.388. The maximum Gasteiger partial charge on any atom is 0.263 e. The zero-order valence-electron chi connectivity index (χ0n) is 11.4. The van der Waals surface area contributed by atoms with E-state index >= 15 is 0 Å². The van der Waals surface area contributed by atoms with E-state index in [1.807, 2.05) is 30.3 Å². The third-order valence-electron chi connectivity index (χ3n) is 2.93. The summed E-state index contributed by atoms with van der Waals surface area (Å²) in [5, 5.41) is 13.2. The average Bonchev–Trinajstić information content (AvgIpc) is 2.94. The molecule has 106 valence electrons. The molecule has 5 heteroatoms. The second-order valence-corrected chi connectivity index (χ2v) is 5.60. The van der Waals surface area contributed by atoms with Gasteiger partial charge in [0.25, 0.3) is 5.91 Å². The van der Waals surface area contributed by atoms with Gasteiger partial charge in [-0.05, 0) is 18.4 Å². The minimum absolute atomic E-state index is 0.129. The molecular weight excluding hydrogens is 272 g/mol. The molecule has 0 radical (unpaired) electrons. The number of aliphatic hydroxyl groups excluding tert-OH is 1. The van der Waals surface area contributed by atoms with E-state index in [-0.39, 0.29) is 18.6 Å². The summed E-state index contributed by atoms with van der Waals surface area (Å²) in [7, 11) is 0. The van der Waals surface area contributed by atoms with E-state index in [1.165, 1.54) is 11.3 Å². The first kappa shape index (κ1) is 14.7. The Bertz CT molecular complexity index is 554. The summed E-state index contributed by atoms with van der Waals surface area (Å²) in [6.07, 6.45) is 3.50. The molecule has 1 amide bonds. The summed E-state index contributed by atoms with van der Waals surface area (Å²) in [4.78, 5) is 17.0. The largest absolute Gasteiger partial charge is 0.394 e. The number of aryl methyl sites for hydroxylation is 1. The van der Waals surface area contributed by atoms with Crippen molar-refractivity contribution >= 4 is 17.2 Å². The summed E-state index contributed by atoms with van der Waals surface area (Å²) in [6.45, 7) is 1.95. The van der Waals surface area contributed by atoms with Crippen molar-refractivity contribution in [2.75, 3.05) is 6.61 Å². The molecule has 1 aromatic carbocycles. The van der Waals surface area contributed by atoms with Gasteiger partial charge in [-0.2, -0.15) is 0 Å². The number of nitrogens with one attached hydrogen (secondary N) is 1. The Hall–Kier alpha value is -1.72. The quantitative estimate of drug-likeness (QED) is 0.859. The van der Waals surface area contributed by atoms with Gasteiger partial charge in [0.2, 0.25) is 0 Å². The number of amides is 1. The van der Waals surface area contributed by atoms with Crippen LogP contribution in [0.3, 0.4) is 0 Å². The van der Waals surface area contributed by atoms with E-state index < -0.39 is 0 Å². The highest BCUT2D eigenvalue weighted by Crippen LogP contribution is 2.17. The summed E-state index contributed by atoms with van der Waals surface area (Å²) >= 11 is 1.41. The smallest absolute Gasteiger partial charge is 0.263 e. The van der Waals surface area contributed by atoms with Gasteiger partial charge in [-0.15, -0.1) is 11.3 Å². The van der Waals surface area contributed by atoms with Gasteiger partial charge in [-0.25, -0.2) is 4.98 Å². The maximum atomic E-state index is 12.2. The molecule has 2 aromatic rings. The molecule has 0 saturated heterocycles. The number of carbonyl (C=O) groups is 1. The number of carbonyl (C=O) groups excluding carboxylic acids is 1. The molecule has 0 saturated carbocycles. The van der Waals surface area contributed by atoms with Crippen LogP contribution in [-0.2, 0) is 6.42 Å². The van der Waals surface area contributed by atoms with Crippen molar-refractivity contribution in [1.29, 1.82) is 0 Å². The SMILES string of the molecule is CCCc1ncc(C(=O)NC(CO)c2ccccc2)s1. The van der Waals surface area contributed by atoms with E-state index in [4.69, 9.17) is 0 Å². The van der Waals surface area contributed by atoms with Crippen LogP contribution in [0.25, 0.3) is 0 Å². The summed E-state index contributed by atoms with van der Waals surface area (Å²) in [6, 6.07) is 9.06. The first-order chi connectivity index (χ1) is 9.74. The van der Waals surface area contributed by atoms with Gasteiger partial charge in [0.05, 0.1) is 23.9 Å².